The molecule has 10 heavy (non-hydrogen) atoms. The number of carbonyl (C=O) groups is 1. The number of hydrogen-bond acceptors (Lipinski definition) is 4. The van der Waals surface area contributed by atoms with Crippen LogP contribution in [0.2, 0.25) is 0 Å². The molecule has 0 aromatic carbocycles. The summed E-state index contributed by atoms with van der Waals surface area (Å²) in [5, 5.41) is 0. The van der Waals surface area contributed by atoms with Crippen LogP contribution in [-0.2, 0) is 14.1 Å². The Morgan fingerprint density at radius 2 is 2.00 bits per heavy atom. The van der Waals surface area contributed by atoms with E-state index in [1.165, 1.54) is 0 Å². The molecule has 0 radical (unpaired) electrons. The van der Waals surface area contributed by atoms with Crippen molar-refractivity contribution < 1.29 is 14.1 Å². The molecule has 1 N–H and O–H groups in total. The number of nitrogens with one attached hydrogen (secondary N) is 1. The Labute approximate surface area is 65.4 Å². The second-order valence-corrected chi connectivity index (χ2v) is 2.99. The number of hydroxylamine groups is 1. The van der Waals surface area contributed by atoms with E-state index in [4.69, 9.17) is 0 Å². The molecule has 4 nitrogen and oxygen atoms in total. The molecular weight excluding hydrogens is 154 g/mol. The van der Waals surface area contributed by atoms with Crippen LogP contribution in [0.4, 0.5) is 0 Å². The third kappa shape index (κ3) is 3.71. The van der Waals surface area contributed by atoms with Gasteiger partial charge in [0.2, 0.25) is 0 Å². The summed E-state index contributed by atoms with van der Waals surface area (Å²) >= 11 is 3.25. The maximum atomic E-state index is 10.9. The molecule has 0 spiro atoms. The van der Waals surface area contributed by atoms with Crippen molar-refractivity contribution in [2.75, 3.05) is 0 Å². The number of carbonyl (C=O) groups excluding carboxylic acids is 1. The third-order valence-electron chi connectivity index (χ3n) is 0.853. The fraction of sp³-hybridized carbons (Fsp3) is 0.800. The highest BCUT2D eigenvalue weighted by molar-refractivity contribution is 7.74. The fourth-order valence-corrected chi connectivity index (χ4v) is 0.247. The molecule has 60 valence electrons. The molecule has 0 saturated carbocycles. The summed E-state index contributed by atoms with van der Waals surface area (Å²) in [6, 6.07) is 0. The number of amides is 1. The predicted octanol–water partition coefficient (Wildman–Crippen LogP) is 0.857. The summed E-state index contributed by atoms with van der Waals surface area (Å²) in [5.41, 5.74) is 1.55. The van der Waals surface area contributed by atoms with Gasteiger partial charge in [-0.05, 0) is 0 Å². The van der Waals surface area contributed by atoms with Gasteiger partial charge in [-0.2, -0.15) is 0 Å². The van der Waals surface area contributed by atoms with Crippen LogP contribution in [0.1, 0.15) is 20.8 Å². The molecule has 0 bridgehead atoms. The van der Waals surface area contributed by atoms with Crippen LogP contribution < -0.4 is 5.48 Å². The smallest absolute Gasteiger partial charge is 0.251 e. The third-order valence-corrected chi connectivity index (χ3v) is 0.927. The topological polar surface area (TPSA) is 47.6 Å². The van der Waals surface area contributed by atoms with Crippen molar-refractivity contribution in [2.24, 2.45) is 5.41 Å². The summed E-state index contributed by atoms with van der Waals surface area (Å²) in [5.74, 6) is -0.262. The molecule has 0 aliphatic carbocycles. The lowest BCUT2D eigenvalue weighted by Gasteiger charge is -2.15. The predicted molar refractivity (Wildman–Crippen MR) is 38.8 cm³/mol. The minimum absolute atomic E-state index is 0.262. The highest BCUT2D eigenvalue weighted by atomic mass is 32.1. The van der Waals surface area contributed by atoms with Gasteiger partial charge < -0.3 is 0 Å². The van der Waals surface area contributed by atoms with Crippen molar-refractivity contribution >= 4 is 18.8 Å². The lowest BCUT2D eigenvalue weighted by atomic mass is 9.96. The molecule has 0 heterocycles. The molecule has 0 aromatic heterocycles. The normalized spacial score (nSPS) is 11.2. The van der Waals surface area contributed by atoms with Gasteiger partial charge >= 0.3 is 0 Å². The van der Waals surface area contributed by atoms with Gasteiger partial charge in [0.25, 0.3) is 5.91 Å². The standard InChI is InChI=1S/C5H11NO3S/c1-5(2,3)4(7)6-8-9-10/h10H,1-3H3,(H,6,7). The van der Waals surface area contributed by atoms with Gasteiger partial charge in [-0.15, -0.1) is 4.33 Å². The first kappa shape index (κ1) is 9.74. The van der Waals surface area contributed by atoms with E-state index in [0.717, 1.165) is 0 Å². The molecule has 0 fully saturated rings. The Morgan fingerprint density at radius 3 is 2.30 bits per heavy atom. The van der Waals surface area contributed by atoms with Crippen LogP contribution in [-0.4, -0.2) is 5.91 Å². The van der Waals surface area contributed by atoms with Crippen LogP contribution in [0.3, 0.4) is 0 Å². The molecule has 0 aliphatic rings. The second kappa shape index (κ2) is 3.80. The van der Waals surface area contributed by atoms with Crippen molar-refractivity contribution in [3.05, 3.63) is 0 Å². The maximum absolute atomic E-state index is 10.9. The van der Waals surface area contributed by atoms with E-state index < -0.39 is 5.41 Å². The average molecular weight is 165 g/mol. The summed E-state index contributed by atoms with van der Waals surface area (Å²) in [4.78, 5) is 15.0. The molecule has 0 rings (SSSR count). The zero-order valence-electron chi connectivity index (χ0n) is 6.17. The zero-order chi connectivity index (χ0) is 8.20. The lowest BCUT2D eigenvalue weighted by Crippen LogP contribution is -2.34. The Bertz CT molecular complexity index is 121. The highest BCUT2D eigenvalue weighted by Crippen LogP contribution is 2.12. The molecule has 0 atom stereocenters. The minimum atomic E-state index is -0.480. The van der Waals surface area contributed by atoms with Gasteiger partial charge in [0, 0.05) is 18.3 Å². The van der Waals surface area contributed by atoms with Crippen LogP contribution in [0, 0.1) is 5.41 Å². The van der Waals surface area contributed by atoms with E-state index in [1.54, 1.807) is 20.8 Å². The Hall–Kier alpha value is -0.260. The highest BCUT2D eigenvalue weighted by Gasteiger charge is 2.21. The van der Waals surface area contributed by atoms with Crippen LogP contribution in [0.15, 0.2) is 0 Å². The van der Waals surface area contributed by atoms with Crippen LogP contribution >= 0.6 is 12.9 Å². The molecular formula is C5H11NO3S. The first-order valence-corrected chi connectivity index (χ1v) is 3.12. The number of rotatable bonds is 2. The van der Waals surface area contributed by atoms with Gasteiger partial charge in [-0.25, -0.2) is 5.48 Å². The zero-order valence-corrected chi connectivity index (χ0v) is 7.07. The molecule has 0 unspecified atom stereocenters. The average Bonchev–Trinajstić information content (AvgIpc) is 1.80. The van der Waals surface area contributed by atoms with Gasteiger partial charge in [-0.1, -0.05) is 25.8 Å². The molecule has 0 aromatic rings. The number of hydrogen-bond donors (Lipinski definition) is 2. The summed E-state index contributed by atoms with van der Waals surface area (Å²) in [6.45, 7) is 5.26. The molecule has 0 saturated heterocycles. The number of thiol groups is 1. The molecule has 0 aliphatic heterocycles. The van der Waals surface area contributed by atoms with Crippen LogP contribution in [0.25, 0.3) is 0 Å². The summed E-state index contributed by atoms with van der Waals surface area (Å²) < 4.78 is 3.87. The summed E-state index contributed by atoms with van der Waals surface area (Å²) in [7, 11) is 0. The SMILES string of the molecule is CC(C)(C)C(=O)NOOS. The van der Waals surface area contributed by atoms with Gasteiger partial charge in [-0.3, -0.25) is 4.79 Å². The monoisotopic (exact) mass is 165 g/mol. The summed E-state index contributed by atoms with van der Waals surface area (Å²) in [6.07, 6.45) is 0. The fourth-order valence-electron chi connectivity index (χ4n) is 0.210. The van der Waals surface area contributed by atoms with E-state index in [-0.39, 0.29) is 5.91 Å². The van der Waals surface area contributed by atoms with E-state index in [9.17, 15) is 4.79 Å². The van der Waals surface area contributed by atoms with E-state index in [2.05, 4.69) is 22.2 Å². The quantitative estimate of drug-likeness (QED) is 0.276. The Balaban J connectivity index is 3.64. The van der Waals surface area contributed by atoms with Crippen molar-refractivity contribution in [1.29, 1.82) is 0 Å². The van der Waals surface area contributed by atoms with E-state index >= 15 is 0 Å². The molecule has 1 amide bonds. The van der Waals surface area contributed by atoms with E-state index in [1.807, 2.05) is 5.48 Å². The van der Waals surface area contributed by atoms with Crippen molar-refractivity contribution in [3.63, 3.8) is 0 Å². The Kier molecular flexibility index (Phi) is 3.70. The minimum Gasteiger partial charge on any atom is -0.272 e. The van der Waals surface area contributed by atoms with E-state index in [0.29, 0.717) is 0 Å². The van der Waals surface area contributed by atoms with Crippen molar-refractivity contribution in [3.8, 4) is 0 Å². The van der Waals surface area contributed by atoms with Gasteiger partial charge in [0.15, 0.2) is 0 Å². The molecule has 5 heteroatoms. The van der Waals surface area contributed by atoms with Crippen molar-refractivity contribution in [2.45, 2.75) is 20.8 Å². The lowest BCUT2D eigenvalue weighted by molar-refractivity contribution is -0.242. The first-order valence-electron chi connectivity index (χ1n) is 2.76. The maximum Gasteiger partial charge on any atom is 0.251 e. The Morgan fingerprint density at radius 1 is 1.50 bits per heavy atom. The van der Waals surface area contributed by atoms with Crippen molar-refractivity contribution in [1.82, 2.24) is 5.48 Å². The second-order valence-electron chi connectivity index (χ2n) is 2.84. The van der Waals surface area contributed by atoms with Gasteiger partial charge in [0.05, 0.1) is 0 Å². The van der Waals surface area contributed by atoms with Crippen LogP contribution in [0.5, 0.6) is 0 Å². The first-order chi connectivity index (χ1) is 4.48. The van der Waals surface area contributed by atoms with Gasteiger partial charge in [0.1, 0.15) is 0 Å². The largest absolute Gasteiger partial charge is 0.272 e.